The minimum Gasteiger partial charge on any atom is -0.496 e. The van der Waals surface area contributed by atoms with Crippen LogP contribution in [0.5, 0.6) is 5.75 Å². The average molecular weight is 276 g/mol. The van der Waals surface area contributed by atoms with Gasteiger partial charge in [-0.05, 0) is 62.5 Å². The molecule has 1 aliphatic rings. The predicted octanol–water partition coefficient (Wildman–Crippen LogP) is 1.93. The fourth-order valence-electron chi connectivity index (χ4n) is 2.68. The number of benzene rings is 1. The highest BCUT2D eigenvalue weighted by Gasteiger charge is 2.20. The zero-order chi connectivity index (χ0) is 14.5. The molecule has 4 nitrogen and oxygen atoms in total. The number of ether oxygens (including phenoxy) is 1. The third kappa shape index (κ3) is 3.31. The van der Waals surface area contributed by atoms with E-state index in [0.717, 1.165) is 42.8 Å². The van der Waals surface area contributed by atoms with Crippen LogP contribution in [-0.2, 0) is 11.3 Å². The molecule has 0 spiro atoms. The van der Waals surface area contributed by atoms with Gasteiger partial charge in [-0.1, -0.05) is 6.07 Å². The number of carbonyl (C=O) groups excluding carboxylic acids is 1. The summed E-state index contributed by atoms with van der Waals surface area (Å²) < 4.78 is 5.31. The lowest BCUT2D eigenvalue weighted by Crippen LogP contribution is -2.37. The van der Waals surface area contributed by atoms with Crippen molar-refractivity contribution >= 4 is 5.91 Å². The van der Waals surface area contributed by atoms with Crippen LogP contribution in [0.15, 0.2) is 12.1 Å². The second-order valence-corrected chi connectivity index (χ2v) is 5.42. The van der Waals surface area contributed by atoms with Gasteiger partial charge in [-0.25, -0.2) is 0 Å². The van der Waals surface area contributed by atoms with Gasteiger partial charge in [0.25, 0.3) is 0 Å². The molecule has 1 aromatic rings. The summed E-state index contributed by atoms with van der Waals surface area (Å²) in [5.41, 5.74) is 3.49. The zero-order valence-corrected chi connectivity index (χ0v) is 12.6. The quantitative estimate of drug-likeness (QED) is 0.883. The Morgan fingerprint density at radius 3 is 2.65 bits per heavy atom. The van der Waals surface area contributed by atoms with Crippen LogP contribution in [0.25, 0.3) is 0 Å². The number of methoxy groups -OCH3 is 1. The topological polar surface area (TPSA) is 50.4 Å². The monoisotopic (exact) mass is 276 g/mol. The van der Waals surface area contributed by atoms with Gasteiger partial charge in [0.05, 0.1) is 7.11 Å². The minimum atomic E-state index is 0.163. The van der Waals surface area contributed by atoms with Crippen LogP contribution < -0.4 is 15.4 Å². The Balaban J connectivity index is 1.96. The van der Waals surface area contributed by atoms with E-state index in [1.165, 1.54) is 5.56 Å². The van der Waals surface area contributed by atoms with Crippen LogP contribution in [-0.4, -0.2) is 26.1 Å². The van der Waals surface area contributed by atoms with Crippen LogP contribution >= 0.6 is 0 Å². The Bertz CT molecular complexity index is 480. The number of carbonyl (C=O) groups is 1. The molecule has 0 unspecified atom stereocenters. The van der Waals surface area contributed by atoms with Crippen molar-refractivity contribution in [3.05, 3.63) is 28.8 Å². The van der Waals surface area contributed by atoms with Crippen LogP contribution in [0, 0.1) is 19.8 Å². The third-order valence-electron chi connectivity index (χ3n) is 4.23. The summed E-state index contributed by atoms with van der Waals surface area (Å²) in [5, 5.41) is 6.35. The van der Waals surface area contributed by atoms with Gasteiger partial charge in [-0.2, -0.15) is 0 Å². The van der Waals surface area contributed by atoms with Crippen molar-refractivity contribution < 1.29 is 9.53 Å². The molecule has 0 radical (unpaired) electrons. The van der Waals surface area contributed by atoms with Crippen LogP contribution in [0.1, 0.15) is 29.5 Å². The van der Waals surface area contributed by atoms with Gasteiger partial charge in [-0.15, -0.1) is 0 Å². The molecular weight excluding hydrogens is 252 g/mol. The molecule has 0 atom stereocenters. The van der Waals surface area contributed by atoms with Crippen LogP contribution in [0.2, 0.25) is 0 Å². The second kappa shape index (κ2) is 6.75. The first-order valence-corrected chi connectivity index (χ1v) is 7.25. The normalized spacial score (nSPS) is 15.9. The number of hydrogen-bond donors (Lipinski definition) is 2. The van der Waals surface area contributed by atoms with E-state index in [9.17, 15) is 4.79 Å². The fourth-order valence-corrected chi connectivity index (χ4v) is 2.68. The summed E-state index contributed by atoms with van der Waals surface area (Å²) in [4.78, 5) is 12.1. The number of nitrogens with one attached hydrogen (secondary N) is 2. The zero-order valence-electron chi connectivity index (χ0n) is 12.6. The maximum absolute atomic E-state index is 12.1. The van der Waals surface area contributed by atoms with Crippen molar-refractivity contribution in [2.45, 2.75) is 33.2 Å². The Labute approximate surface area is 120 Å². The number of piperidine rings is 1. The Morgan fingerprint density at radius 1 is 1.30 bits per heavy atom. The summed E-state index contributed by atoms with van der Waals surface area (Å²) in [5.74, 6) is 1.24. The van der Waals surface area contributed by atoms with E-state index in [0.29, 0.717) is 6.54 Å². The molecule has 0 bridgehead atoms. The molecule has 20 heavy (non-hydrogen) atoms. The lowest BCUT2D eigenvalue weighted by molar-refractivity contribution is -0.125. The van der Waals surface area contributed by atoms with Gasteiger partial charge in [0.1, 0.15) is 5.75 Å². The highest BCUT2D eigenvalue weighted by Crippen LogP contribution is 2.24. The van der Waals surface area contributed by atoms with E-state index < -0.39 is 0 Å². The maximum Gasteiger partial charge on any atom is 0.223 e. The molecule has 0 aromatic heterocycles. The first-order chi connectivity index (χ1) is 9.63. The van der Waals surface area contributed by atoms with Gasteiger partial charge in [-0.3, -0.25) is 4.79 Å². The van der Waals surface area contributed by atoms with Crippen molar-refractivity contribution in [1.29, 1.82) is 0 Å². The number of amides is 1. The predicted molar refractivity (Wildman–Crippen MR) is 79.9 cm³/mol. The molecule has 2 rings (SSSR count). The molecule has 1 saturated heterocycles. The van der Waals surface area contributed by atoms with Gasteiger partial charge in [0.15, 0.2) is 0 Å². The highest BCUT2D eigenvalue weighted by atomic mass is 16.5. The Hall–Kier alpha value is -1.55. The number of rotatable bonds is 4. The molecule has 1 fully saturated rings. The minimum absolute atomic E-state index is 0.163. The summed E-state index contributed by atoms with van der Waals surface area (Å²) >= 11 is 0. The second-order valence-electron chi connectivity index (χ2n) is 5.42. The molecular formula is C16H24N2O2. The summed E-state index contributed by atoms with van der Waals surface area (Å²) in [6, 6.07) is 4.00. The molecule has 0 saturated carbocycles. The van der Waals surface area contributed by atoms with E-state index in [4.69, 9.17) is 4.74 Å². The number of hydrogen-bond acceptors (Lipinski definition) is 3. The average Bonchev–Trinajstić information content (AvgIpc) is 2.49. The maximum atomic E-state index is 12.1. The van der Waals surface area contributed by atoms with Crippen LogP contribution in [0.4, 0.5) is 0 Å². The SMILES string of the molecule is COc1ccc(CNC(=O)C2CCNCC2)c(C)c1C. The fraction of sp³-hybridized carbons (Fsp3) is 0.562. The van der Waals surface area contributed by atoms with E-state index in [-0.39, 0.29) is 11.8 Å². The third-order valence-corrected chi connectivity index (χ3v) is 4.23. The van der Waals surface area contributed by atoms with Crippen molar-refractivity contribution in [3.8, 4) is 5.75 Å². The van der Waals surface area contributed by atoms with Crippen LogP contribution in [0.3, 0.4) is 0 Å². The van der Waals surface area contributed by atoms with E-state index in [1.54, 1.807) is 7.11 Å². The summed E-state index contributed by atoms with van der Waals surface area (Å²) in [6.07, 6.45) is 1.87. The molecule has 0 aliphatic carbocycles. The highest BCUT2D eigenvalue weighted by molar-refractivity contribution is 5.78. The molecule has 1 amide bonds. The Morgan fingerprint density at radius 2 is 2.00 bits per heavy atom. The largest absolute Gasteiger partial charge is 0.496 e. The lowest BCUT2D eigenvalue weighted by Gasteiger charge is -2.22. The molecule has 1 aliphatic heterocycles. The van der Waals surface area contributed by atoms with E-state index in [1.807, 2.05) is 19.1 Å². The first kappa shape index (κ1) is 14.9. The van der Waals surface area contributed by atoms with Gasteiger partial charge in [0.2, 0.25) is 5.91 Å². The summed E-state index contributed by atoms with van der Waals surface area (Å²) in [7, 11) is 1.68. The molecule has 110 valence electrons. The molecule has 1 aromatic carbocycles. The van der Waals surface area contributed by atoms with Gasteiger partial charge >= 0.3 is 0 Å². The van der Waals surface area contributed by atoms with E-state index >= 15 is 0 Å². The van der Waals surface area contributed by atoms with Crippen molar-refractivity contribution in [1.82, 2.24) is 10.6 Å². The van der Waals surface area contributed by atoms with Gasteiger partial charge in [0, 0.05) is 12.5 Å². The van der Waals surface area contributed by atoms with Crippen molar-refractivity contribution in [3.63, 3.8) is 0 Å². The molecule has 1 heterocycles. The lowest BCUT2D eigenvalue weighted by atomic mass is 9.97. The Kier molecular flexibility index (Phi) is 5.01. The molecule has 2 N–H and O–H groups in total. The van der Waals surface area contributed by atoms with E-state index in [2.05, 4.69) is 17.6 Å². The standard InChI is InChI=1S/C16H24N2O2/c1-11-12(2)15(20-3)5-4-14(11)10-18-16(19)13-6-8-17-9-7-13/h4-5,13,17H,6-10H2,1-3H3,(H,18,19). The first-order valence-electron chi connectivity index (χ1n) is 7.25. The van der Waals surface area contributed by atoms with Crippen molar-refractivity contribution in [2.24, 2.45) is 5.92 Å². The summed E-state index contributed by atoms with van der Waals surface area (Å²) in [6.45, 7) is 6.60. The smallest absolute Gasteiger partial charge is 0.223 e. The van der Waals surface area contributed by atoms with Gasteiger partial charge < -0.3 is 15.4 Å². The van der Waals surface area contributed by atoms with Crippen molar-refractivity contribution in [2.75, 3.05) is 20.2 Å². The molecule has 4 heteroatoms.